The van der Waals surface area contributed by atoms with E-state index in [-0.39, 0.29) is 0 Å². The number of methoxy groups -OCH3 is 1. The molecule has 0 unspecified atom stereocenters. The molecular weight excluding hydrogens is 306 g/mol. The van der Waals surface area contributed by atoms with Gasteiger partial charge >= 0.3 is 0 Å². The number of hydrogen-bond acceptors (Lipinski definition) is 3. The van der Waals surface area contributed by atoms with Crippen LogP contribution in [0.4, 0.5) is 11.6 Å². The zero-order chi connectivity index (χ0) is 13.8. The second kappa shape index (κ2) is 5.93. The zero-order valence-electron chi connectivity index (χ0n) is 11.0. The molecule has 0 aliphatic heterocycles. The normalized spacial score (nSPS) is 10.3. The molecule has 0 atom stereocenters. The molecule has 1 aromatic carbocycles. The number of nitrogens with one attached hydrogen (secondary N) is 1. The van der Waals surface area contributed by atoms with Crippen LogP contribution in [-0.4, -0.2) is 16.7 Å². The molecule has 0 amide bonds. The number of aryl methyl sites for hydroxylation is 1. The highest BCUT2D eigenvalue weighted by Gasteiger charge is 2.06. The van der Waals surface area contributed by atoms with Gasteiger partial charge in [0, 0.05) is 18.4 Å². The Balaban J connectivity index is 2.25. The van der Waals surface area contributed by atoms with Crippen molar-refractivity contribution in [2.45, 2.75) is 13.5 Å². The van der Waals surface area contributed by atoms with Crippen molar-refractivity contribution < 1.29 is 4.74 Å². The number of anilines is 2. The maximum atomic E-state index is 5.21. The molecular formula is C14H16BrN3O. The van der Waals surface area contributed by atoms with Crippen molar-refractivity contribution >= 4 is 27.6 Å². The second-order valence-electron chi connectivity index (χ2n) is 4.12. The Morgan fingerprint density at radius 3 is 2.95 bits per heavy atom. The van der Waals surface area contributed by atoms with Gasteiger partial charge in [-0.05, 0) is 41.1 Å². The van der Waals surface area contributed by atoms with Gasteiger partial charge in [0.2, 0.25) is 5.95 Å². The summed E-state index contributed by atoms with van der Waals surface area (Å²) in [5.74, 6) is 1.60. The van der Waals surface area contributed by atoms with Gasteiger partial charge < -0.3 is 14.6 Å². The Bertz CT molecular complexity index is 592. The molecule has 4 nitrogen and oxygen atoms in total. The smallest absolute Gasteiger partial charge is 0.207 e. The van der Waals surface area contributed by atoms with E-state index in [4.69, 9.17) is 4.74 Å². The van der Waals surface area contributed by atoms with E-state index < -0.39 is 0 Å². The van der Waals surface area contributed by atoms with E-state index in [1.54, 1.807) is 7.11 Å². The Labute approximate surface area is 121 Å². The number of aromatic nitrogens is 2. The third-order valence-corrected chi connectivity index (χ3v) is 3.25. The van der Waals surface area contributed by atoms with Crippen LogP contribution in [-0.2, 0) is 6.54 Å². The Morgan fingerprint density at radius 2 is 2.32 bits per heavy atom. The lowest BCUT2D eigenvalue weighted by Gasteiger charge is -2.10. The minimum Gasteiger partial charge on any atom is -0.496 e. The number of benzene rings is 1. The number of imidazole rings is 1. The Kier molecular flexibility index (Phi) is 4.27. The number of hydrogen-bond donors (Lipinski definition) is 1. The highest BCUT2D eigenvalue weighted by molar-refractivity contribution is 9.10. The Hall–Kier alpha value is -1.75. The van der Waals surface area contributed by atoms with Crippen molar-refractivity contribution in [3.63, 3.8) is 0 Å². The van der Waals surface area contributed by atoms with Gasteiger partial charge in [-0.2, -0.15) is 0 Å². The zero-order valence-corrected chi connectivity index (χ0v) is 12.6. The molecule has 0 aliphatic carbocycles. The van der Waals surface area contributed by atoms with Crippen LogP contribution in [0.15, 0.2) is 41.5 Å². The van der Waals surface area contributed by atoms with Crippen molar-refractivity contribution in [3.8, 4) is 5.75 Å². The largest absolute Gasteiger partial charge is 0.496 e. The van der Waals surface area contributed by atoms with Gasteiger partial charge in [0.05, 0.1) is 17.3 Å². The lowest BCUT2D eigenvalue weighted by atomic mass is 10.3. The summed E-state index contributed by atoms with van der Waals surface area (Å²) in [5.41, 5.74) is 1.92. The van der Waals surface area contributed by atoms with Crippen LogP contribution in [0.1, 0.15) is 5.69 Å². The first-order chi connectivity index (χ1) is 9.13. The first kappa shape index (κ1) is 13.7. The molecule has 0 aliphatic rings. The topological polar surface area (TPSA) is 39.1 Å². The van der Waals surface area contributed by atoms with Gasteiger partial charge in [-0.15, -0.1) is 6.58 Å². The van der Waals surface area contributed by atoms with Crippen LogP contribution >= 0.6 is 15.9 Å². The Morgan fingerprint density at radius 1 is 1.53 bits per heavy atom. The summed E-state index contributed by atoms with van der Waals surface area (Å²) in [5, 5.41) is 3.29. The highest BCUT2D eigenvalue weighted by atomic mass is 79.9. The summed E-state index contributed by atoms with van der Waals surface area (Å²) in [6, 6.07) is 5.81. The van der Waals surface area contributed by atoms with Crippen molar-refractivity contribution in [1.82, 2.24) is 9.55 Å². The van der Waals surface area contributed by atoms with Gasteiger partial charge in [0.1, 0.15) is 5.75 Å². The molecule has 5 heteroatoms. The van der Waals surface area contributed by atoms with Crippen molar-refractivity contribution in [2.75, 3.05) is 12.4 Å². The van der Waals surface area contributed by atoms with Crippen molar-refractivity contribution in [3.05, 3.63) is 47.2 Å². The summed E-state index contributed by atoms with van der Waals surface area (Å²) in [6.07, 6.45) is 3.83. The van der Waals surface area contributed by atoms with E-state index in [1.165, 1.54) is 0 Å². The molecule has 19 heavy (non-hydrogen) atoms. The maximum Gasteiger partial charge on any atom is 0.207 e. The number of allylic oxidation sites excluding steroid dienone is 1. The van der Waals surface area contributed by atoms with Gasteiger partial charge in [-0.1, -0.05) is 6.08 Å². The van der Waals surface area contributed by atoms with Gasteiger partial charge in [-0.25, -0.2) is 4.98 Å². The van der Waals surface area contributed by atoms with Crippen LogP contribution < -0.4 is 10.1 Å². The summed E-state index contributed by atoms with van der Waals surface area (Å²) >= 11 is 3.47. The van der Waals surface area contributed by atoms with Crippen molar-refractivity contribution in [2.24, 2.45) is 0 Å². The summed E-state index contributed by atoms with van der Waals surface area (Å²) in [6.45, 7) is 6.44. The molecule has 2 rings (SSSR count). The van der Waals surface area contributed by atoms with E-state index >= 15 is 0 Å². The SMILES string of the molecule is C=CCn1cc(C)nc1Nc1ccc(OC)c(Br)c1. The third kappa shape index (κ3) is 3.17. The molecule has 0 saturated heterocycles. The van der Waals surface area contributed by atoms with E-state index in [0.29, 0.717) is 0 Å². The quantitative estimate of drug-likeness (QED) is 0.849. The molecule has 1 heterocycles. The van der Waals surface area contributed by atoms with Gasteiger partial charge in [0.15, 0.2) is 0 Å². The third-order valence-electron chi connectivity index (χ3n) is 2.63. The molecule has 0 radical (unpaired) electrons. The van der Waals surface area contributed by atoms with Crippen LogP contribution in [0.5, 0.6) is 5.75 Å². The monoisotopic (exact) mass is 321 g/mol. The molecule has 0 saturated carbocycles. The molecule has 1 N–H and O–H groups in total. The molecule has 2 aromatic rings. The minimum atomic E-state index is 0.723. The predicted molar refractivity (Wildman–Crippen MR) is 81.1 cm³/mol. The fourth-order valence-corrected chi connectivity index (χ4v) is 2.34. The molecule has 0 bridgehead atoms. The number of rotatable bonds is 5. The lowest BCUT2D eigenvalue weighted by molar-refractivity contribution is 0.412. The first-order valence-corrected chi connectivity index (χ1v) is 6.68. The summed E-state index contributed by atoms with van der Waals surface area (Å²) in [4.78, 5) is 4.45. The molecule has 100 valence electrons. The van der Waals surface area contributed by atoms with Gasteiger partial charge in [-0.3, -0.25) is 0 Å². The number of ether oxygens (including phenoxy) is 1. The molecule has 1 aromatic heterocycles. The van der Waals surface area contributed by atoms with E-state index in [1.807, 2.05) is 42.0 Å². The predicted octanol–water partition coefficient (Wildman–Crippen LogP) is 3.89. The van der Waals surface area contributed by atoms with Gasteiger partial charge in [0.25, 0.3) is 0 Å². The second-order valence-corrected chi connectivity index (χ2v) is 4.98. The van der Waals surface area contributed by atoms with Crippen LogP contribution in [0.2, 0.25) is 0 Å². The van der Waals surface area contributed by atoms with E-state index in [0.717, 1.165) is 34.1 Å². The molecule has 0 fully saturated rings. The van der Waals surface area contributed by atoms with Crippen LogP contribution in [0.25, 0.3) is 0 Å². The fraction of sp³-hybridized carbons (Fsp3) is 0.214. The average Bonchev–Trinajstić information content (AvgIpc) is 2.70. The van der Waals surface area contributed by atoms with Crippen LogP contribution in [0, 0.1) is 6.92 Å². The maximum absolute atomic E-state index is 5.21. The van der Waals surface area contributed by atoms with Crippen molar-refractivity contribution in [1.29, 1.82) is 0 Å². The minimum absolute atomic E-state index is 0.723. The molecule has 0 spiro atoms. The summed E-state index contributed by atoms with van der Waals surface area (Å²) in [7, 11) is 1.65. The standard InChI is InChI=1S/C14H16BrN3O/c1-4-7-18-9-10(2)16-14(18)17-11-5-6-13(19-3)12(15)8-11/h4-6,8-9H,1,7H2,2-3H3,(H,16,17). The van der Waals surface area contributed by atoms with Crippen LogP contribution in [0.3, 0.4) is 0 Å². The fourth-order valence-electron chi connectivity index (χ4n) is 1.80. The summed E-state index contributed by atoms with van der Waals surface area (Å²) < 4.78 is 8.12. The average molecular weight is 322 g/mol. The van der Waals surface area contributed by atoms with E-state index in [2.05, 4.69) is 32.8 Å². The first-order valence-electron chi connectivity index (χ1n) is 5.89. The number of halogens is 1. The highest BCUT2D eigenvalue weighted by Crippen LogP contribution is 2.29. The number of nitrogens with zero attached hydrogens (tertiary/aromatic N) is 2. The lowest BCUT2D eigenvalue weighted by Crippen LogP contribution is -2.01. The van der Waals surface area contributed by atoms with E-state index in [9.17, 15) is 0 Å².